The number of aromatic amines is 1. The Balaban J connectivity index is 1.58. The van der Waals surface area contributed by atoms with Crippen molar-refractivity contribution in [2.24, 2.45) is 15.9 Å². The Hall–Kier alpha value is -2.21. The molecule has 2 heterocycles. The molecular formula is C23H32ClN7O3S. The SMILES string of the molecule is CCCCC1(CC2CCC(c3nn[nH]n3)(N(C)S(=O)(=O)c3ccccc3)CC2)N=C(Cl)C(CO)=N1. The van der Waals surface area contributed by atoms with Gasteiger partial charge in [0.05, 0.1) is 17.0 Å². The fourth-order valence-corrected chi connectivity index (χ4v) is 7.08. The summed E-state index contributed by atoms with van der Waals surface area (Å²) in [6.45, 7) is 1.89. The smallest absolute Gasteiger partial charge is 0.243 e. The van der Waals surface area contributed by atoms with Gasteiger partial charge in [0.25, 0.3) is 0 Å². The minimum atomic E-state index is -3.78. The van der Waals surface area contributed by atoms with Crippen LogP contribution in [-0.2, 0) is 15.6 Å². The second kappa shape index (κ2) is 10.4. The zero-order chi connectivity index (χ0) is 25.1. The summed E-state index contributed by atoms with van der Waals surface area (Å²) in [6, 6.07) is 8.40. The van der Waals surface area contributed by atoms with E-state index >= 15 is 0 Å². The molecule has 0 saturated heterocycles. The monoisotopic (exact) mass is 521 g/mol. The normalized spacial score (nSPS) is 27.2. The molecule has 1 aliphatic carbocycles. The van der Waals surface area contributed by atoms with Crippen LogP contribution in [0.15, 0.2) is 45.2 Å². The van der Waals surface area contributed by atoms with Gasteiger partial charge in [-0.1, -0.05) is 48.4 Å². The molecule has 2 N–H and O–H groups in total. The van der Waals surface area contributed by atoms with Crippen LogP contribution in [0.4, 0.5) is 0 Å². The summed E-state index contributed by atoms with van der Waals surface area (Å²) in [5.41, 5.74) is -1.14. The number of hydrogen-bond acceptors (Lipinski definition) is 8. The number of aliphatic imine (C=N–C) groups is 2. The minimum absolute atomic E-state index is 0.229. The standard InChI is InChI=1S/C23H32ClN7O3S/c1-3-4-12-23(25-19(16-32)20(24)26-23)15-17-10-13-22(14-11-17,21-27-29-30-28-21)31(2)35(33,34)18-8-6-5-7-9-18/h5-9,17,32H,3-4,10-16H2,1-2H3,(H,27,28,29,30). The zero-order valence-corrected chi connectivity index (χ0v) is 21.6. The van der Waals surface area contributed by atoms with E-state index in [4.69, 9.17) is 16.6 Å². The number of tetrazole rings is 1. The molecule has 4 rings (SSSR count). The van der Waals surface area contributed by atoms with Gasteiger partial charge >= 0.3 is 0 Å². The van der Waals surface area contributed by atoms with Crippen molar-refractivity contribution in [2.45, 2.75) is 74.4 Å². The van der Waals surface area contributed by atoms with Gasteiger partial charge in [-0.2, -0.15) is 9.52 Å². The topological polar surface area (TPSA) is 137 Å². The second-order valence-corrected chi connectivity index (χ2v) is 11.7. The van der Waals surface area contributed by atoms with Crippen LogP contribution in [0, 0.1) is 5.92 Å². The van der Waals surface area contributed by atoms with Gasteiger partial charge in [0.1, 0.15) is 10.9 Å². The molecule has 1 atom stereocenters. The zero-order valence-electron chi connectivity index (χ0n) is 20.1. The molecule has 1 fully saturated rings. The quantitative estimate of drug-likeness (QED) is 0.492. The van der Waals surface area contributed by atoms with Crippen LogP contribution in [0.5, 0.6) is 0 Å². The molecule has 10 nitrogen and oxygen atoms in total. The summed E-state index contributed by atoms with van der Waals surface area (Å²) in [4.78, 5) is 9.64. The fourth-order valence-electron chi connectivity index (χ4n) is 5.28. The Bertz CT molecular complexity index is 1160. The molecule has 0 bridgehead atoms. The number of rotatable bonds is 10. The highest BCUT2D eigenvalue weighted by molar-refractivity contribution is 7.89. The Kier molecular flexibility index (Phi) is 7.70. The van der Waals surface area contributed by atoms with E-state index in [1.54, 1.807) is 37.4 Å². The van der Waals surface area contributed by atoms with Gasteiger partial charge in [-0.15, -0.1) is 10.2 Å². The average molecular weight is 522 g/mol. The summed E-state index contributed by atoms with van der Waals surface area (Å²) in [5, 5.41) is 24.5. The van der Waals surface area contributed by atoms with Crippen LogP contribution in [-0.4, -0.2) is 68.7 Å². The van der Waals surface area contributed by atoms with Crippen LogP contribution >= 0.6 is 11.6 Å². The van der Waals surface area contributed by atoms with E-state index < -0.39 is 21.2 Å². The number of unbranched alkanes of at least 4 members (excludes halogenated alkanes) is 1. The fraction of sp³-hybridized carbons (Fsp3) is 0.609. The van der Waals surface area contributed by atoms with Crippen LogP contribution < -0.4 is 0 Å². The molecule has 0 radical (unpaired) electrons. The maximum absolute atomic E-state index is 13.5. The van der Waals surface area contributed by atoms with Crippen LogP contribution in [0.25, 0.3) is 0 Å². The van der Waals surface area contributed by atoms with Gasteiger partial charge < -0.3 is 5.11 Å². The van der Waals surface area contributed by atoms with Crippen LogP contribution in [0.3, 0.4) is 0 Å². The van der Waals surface area contributed by atoms with Crippen molar-refractivity contribution in [1.82, 2.24) is 24.9 Å². The minimum Gasteiger partial charge on any atom is -0.390 e. The largest absolute Gasteiger partial charge is 0.390 e. The molecule has 1 aromatic heterocycles. The van der Waals surface area contributed by atoms with E-state index in [1.165, 1.54) is 4.31 Å². The number of hydrogen-bond donors (Lipinski definition) is 2. The predicted octanol–water partition coefficient (Wildman–Crippen LogP) is 3.27. The summed E-state index contributed by atoms with van der Waals surface area (Å²) in [6.07, 6.45) is 5.99. The van der Waals surface area contributed by atoms with Gasteiger partial charge in [0.15, 0.2) is 11.5 Å². The molecule has 35 heavy (non-hydrogen) atoms. The van der Waals surface area contributed by atoms with E-state index in [0.717, 1.165) is 32.1 Å². The van der Waals surface area contributed by atoms with Crippen molar-refractivity contribution in [1.29, 1.82) is 0 Å². The summed E-state index contributed by atoms with van der Waals surface area (Å²) >= 11 is 6.28. The molecule has 1 aliphatic heterocycles. The highest BCUT2D eigenvalue weighted by Gasteiger charge is 2.49. The molecule has 2 aliphatic rings. The van der Waals surface area contributed by atoms with Crippen molar-refractivity contribution in [3.05, 3.63) is 36.2 Å². The highest BCUT2D eigenvalue weighted by Crippen LogP contribution is 2.47. The maximum Gasteiger partial charge on any atom is 0.243 e. The second-order valence-electron chi connectivity index (χ2n) is 9.41. The highest BCUT2D eigenvalue weighted by atomic mass is 35.5. The first kappa shape index (κ1) is 25.9. The molecule has 12 heteroatoms. The first-order valence-corrected chi connectivity index (χ1v) is 13.8. The third-order valence-electron chi connectivity index (χ3n) is 7.28. The number of halogens is 1. The van der Waals surface area contributed by atoms with Gasteiger partial charge in [-0.3, -0.25) is 4.99 Å². The maximum atomic E-state index is 13.5. The van der Waals surface area contributed by atoms with E-state index in [0.29, 0.717) is 30.8 Å². The lowest BCUT2D eigenvalue weighted by Crippen LogP contribution is -2.50. The molecular weight excluding hydrogens is 490 g/mol. The average Bonchev–Trinajstić information content (AvgIpc) is 3.52. The number of aromatic nitrogens is 4. The summed E-state index contributed by atoms with van der Waals surface area (Å²) in [7, 11) is -2.18. The third kappa shape index (κ3) is 5.04. The van der Waals surface area contributed by atoms with Crippen LogP contribution in [0.2, 0.25) is 0 Å². The molecule has 1 unspecified atom stereocenters. The number of aliphatic hydroxyl groups excluding tert-OH is 1. The Morgan fingerprint density at radius 3 is 2.49 bits per heavy atom. The third-order valence-corrected chi connectivity index (χ3v) is 9.52. The molecule has 1 saturated carbocycles. The number of sulfonamides is 1. The molecule has 0 amide bonds. The number of nitrogens with zero attached hydrogens (tertiary/aromatic N) is 6. The number of H-pyrrole nitrogens is 1. The Morgan fingerprint density at radius 1 is 1.20 bits per heavy atom. The lowest BCUT2D eigenvalue weighted by atomic mass is 9.73. The Labute approximate surface area is 210 Å². The van der Waals surface area contributed by atoms with Gasteiger partial charge in [0, 0.05) is 7.05 Å². The number of benzene rings is 1. The van der Waals surface area contributed by atoms with E-state index in [9.17, 15) is 13.5 Å². The van der Waals surface area contributed by atoms with Crippen molar-refractivity contribution in [3.63, 3.8) is 0 Å². The van der Waals surface area contributed by atoms with Gasteiger partial charge in [-0.05, 0) is 63.0 Å². The summed E-state index contributed by atoms with van der Waals surface area (Å²) in [5.74, 6) is 0.635. The molecule has 2 aromatic rings. The van der Waals surface area contributed by atoms with Gasteiger partial charge in [0.2, 0.25) is 10.0 Å². The lowest BCUT2D eigenvalue weighted by Gasteiger charge is -2.44. The number of aliphatic hydroxyl groups is 1. The Morgan fingerprint density at radius 2 is 1.91 bits per heavy atom. The van der Waals surface area contributed by atoms with Crippen molar-refractivity contribution in [3.8, 4) is 0 Å². The first-order chi connectivity index (χ1) is 16.8. The van der Waals surface area contributed by atoms with Crippen molar-refractivity contribution < 1.29 is 13.5 Å². The van der Waals surface area contributed by atoms with E-state index in [-0.39, 0.29) is 22.6 Å². The van der Waals surface area contributed by atoms with E-state index in [2.05, 4.69) is 32.5 Å². The molecule has 190 valence electrons. The molecule has 0 spiro atoms. The first-order valence-electron chi connectivity index (χ1n) is 12.0. The van der Waals surface area contributed by atoms with Crippen molar-refractivity contribution in [2.75, 3.05) is 13.7 Å². The summed E-state index contributed by atoms with van der Waals surface area (Å²) < 4.78 is 28.5. The lowest BCUT2D eigenvalue weighted by molar-refractivity contribution is 0.0996. The van der Waals surface area contributed by atoms with Crippen molar-refractivity contribution >= 4 is 32.5 Å². The molecule has 1 aromatic carbocycles. The predicted molar refractivity (Wildman–Crippen MR) is 134 cm³/mol. The van der Waals surface area contributed by atoms with E-state index in [1.807, 2.05) is 0 Å². The van der Waals surface area contributed by atoms with Crippen LogP contribution in [0.1, 0.15) is 64.1 Å². The number of nitrogens with one attached hydrogen (secondary N) is 1. The van der Waals surface area contributed by atoms with Gasteiger partial charge in [-0.25, -0.2) is 13.4 Å².